The number of oxazole rings is 1. The molecule has 2 aromatic heterocycles. The summed E-state index contributed by atoms with van der Waals surface area (Å²) < 4.78 is 5.72. The van der Waals surface area contributed by atoms with E-state index in [-0.39, 0.29) is 13.2 Å². The molecule has 6 heteroatoms. The lowest BCUT2D eigenvalue weighted by molar-refractivity contribution is 0.0398. The first-order chi connectivity index (χ1) is 9.97. The van der Waals surface area contributed by atoms with Gasteiger partial charge in [-0.15, -0.1) is 11.3 Å². The average Bonchev–Trinajstić information content (AvgIpc) is 3.09. The van der Waals surface area contributed by atoms with Crippen molar-refractivity contribution in [1.29, 1.82) is 0 Å². The summed E-state index contributed by atoms with van der Waals surface area (Å²) in [5, 5.41) is 20.7. The van der Waals surface area contributed by atoms with Crippen LogP contribution in [0.1, 0.15) is 18.4 Å². The summed E-state index contributed by atoms with van der Waals surface area (Å²) >= 11 is 1.60. The zero-order valence-electron chi connectivity index (χ0n) is 12.7. The van der Waals surface area contributed by atoms with Gasteiger partial charge in [0.25, 0.3) is 0 Å². The lowest BCUT2D eigenvalue weighted by Gasteiger charge is -2.29. The van der Waals surface area contributed by atoms with E-state index in [2.05, 4.69) is 4.98 Å². The average molecular weight is 310 g/mol. The molecule has 2 rings (SSSR count). The number of rotatable bonds is 7. The third kappa shape index (κ3) is 3.91. The molecule has 0 amide bonds. The van der Waals surface area contributed by atoms with E-state index in [1.807, 2.05) is 43.3 Å². The van der Waals surface area contributed by atoms with E-state index in [0.717, 1.165) is 16.3 Å². The predicted octanol–water partition coefficient (Wildman–Crippen LogP) is 2.13. The fourth-order valence-electron chi connectivity index (χ4n) is 2.19. The summed E-state index contributed by atoms with van der Waals surface area (Å²) in [7, 11) is 1.95. The zero-order chi connectivity index (χ0) is 15.5. The fraction of sp³-hybridized carbons (Fsp3) is 0.533. The maximum atomic E-state index is 9.36. The van der Waals surface area contributed by atoms with Gasteiger partial charge < -0.3 is 14.6 Å². The van der Waals surface area contributed by atoms with E-state index < -0.39 is 5.41 Å². The quantitative estimate of drug-likeness (QED) is 0.820. The summed E-state index contributed by atoms with van der Waals surface area (Å²) in [6.07, 6.45) is 0. The smallest absolute Gasteiger partial charge is 0.236 e. The van der Waals surface area contributed by atoms with Crippen LogP contribution in [-0.2, 0) is 6.54 Å². The van der Waals surface area contributed by atoms with Crippen molar-refractivity contribution in [2.45, 2.75) is 20.4 Å². The van der Waals surface area contributed by atoms with Crippen LogP contribution in [0.3, 0.4) is 0 Å². The molecule has 2 N–H and O–H groups in total. The van der Waals surface area contributed by atoms with Crippen molar-refractivity contribution in [3.05, 3.63) is 29.0 Å². The van der Waals surface area contributed by atoms with Crippen molar-refractivity contribution in [2.75, 3.05) is 26.8 Å². The van der Waals surface area contributed by atoms with Gasteiger partial charge in [0, 0.05) is 18.5 Å². The first-order valence-corrected chi connectivity index (χ1v) is 7.76. The Labute approximate surface area is 128 Å². The van der Waals surface area contributed by atoms with E-state index in [1.165, 1.54) is 0 Å². The molecule has 5 nitrogen and oxygen atoms in total. The van der Waals surface area contributed by atoms with E-state index in [9.17, 15) is 10.2 Å². The number of hydrogen-bond acceptors (Lipinski definition) is 6. The van der Waals surface area contributed by atoms with Crippen molar-refractivity contribution in [2.24, 2.45) is 5.41 Å². The van der Waals surface area contributed by atoms with Crippen molar-refractivity contribution >= 4 is 11.3 Å². The highest BCUT2D eigenvalue weighted by atomic mass is 32.1. The molecule has 116 valence electrons. The second-order valence-electron chi connectivity index (χ2n) is 5.80. The van der Waals surface area contributed by atoms with Crippen molar-refractivity contribution < 1.29 is 14.6 Å². The van der Waals surface area contributed by atoms with E-state index in [0.29, 0.717) is 19.0 Å². The second-order valence-corrected chi connectivity index (χ2v) is 6.75. The summed E-state index contributed by atoms with van der Waals surface area (Å²) in [5.74, 6) is 1.46. The molecule has 2 aromatic rings. The normalized spacial score (nSPS) is 12.3. The van der Waals surface area contributed by atoms with E-state index in [1.54, 1.807) is 11.3 Å². The topological polar surface area (TPSA) is 69.7 Å². The molecule has 0 aliphatic rings. The number of aromatic nitrogens is 1. The Morgan fingerprint density at radius 1 is 1.38 bits per heavy atom. The lowest BCUT2D eigenvalue weighted by Crippen LogP contribution is -2.38. The molecule has 0 aliphatic heterocycles. The number of aryl methyl sites for hydroxylation is 1. The highest BCUT2D eigenvalue weighted by Gasteiger charge is 2.25. The Bertz CT molecular complexity index is 561. The molecule has 0 bridgehead atoms. The number of thiophene rings is 1. The van der Waals surface area contributed by atoms with Crippen molar-refractivity contribution in [3.63, 3.8) is 0 Å². The molecule has 2 heterocycles. The van der Waals surface area contributed by atoms with Crippen molar-refractivity contribution in [1.82, 2.24) is 9.88 Å². The second kappa shape index (κ2) is 6.70. The summed E-state index contributed by atoms with van der Waals surface area (Å²) in [6, 6.07) is 3.96. The van der Waals surface area contributed by atoms with Gasteiger partial charge in [-0.2, -0.15) is 0 Å². The molecule has 0 aromatic carbocycles. The van der Waals surface area contributed by atoms with E-state index in [4.69, 9.17) is 4.42 Å². The lowest BCUT2D eigenvalue weighted by atomic mass is 9.92. The maximum absolute atomic E-state index is 9.36. The molecule has 0 unspecified atom stereocenters. The Balaban J connectivity index is 2.06. The van der Waals surface area contributed by atoms with Crippen LogP contribution in [0.2, 0.25) is 0 Å². The molecular weight excluding hydrogens is 288 g/mol. The number of aliphatic hydroxyl groups is 2. The molecular formula is C15H22N2O3S. The standard InChI is InChI=1S/C15H22N2O3S/c1-11-12(7-17(3)8-15(2,9-18)10-19)16-14(20-11)13-5-4-6-21-13/h4-6,18-19H,7-10H2,1-3H3. The summed E-state index contributed by atoms with van der Waals surface area (Å²) in [5.41, 5.74) is 0.377. The Morgan fingerprint density at radius 3 is 2.67 bits per heavy atom. The Hall–Kier alpha value is -1.21. The van der Waals surface area contributed by atoms with Gasteiger partial charge in [-0.3, -0.25) is 4.90 Å². The molecule has 0 saturated heterocycles. The van der Waals surface area contributed by atoms with Gasteiger partial charge in [-0.1, -0.05) is 13.0 Å². The third-order valence-electron chi connectivity index (χ3n) is 3.46. The number of hydrogen-bond donors (Lipinski definition) is 2. The van der Waals surface area contributed by atoms with Crippen LogP contribution in [0.25, 0.3) is 10.8 Å². The van der Waals surface area contributed by atoms with Crippen LogP contribution in [0, 0.1) is 12.3 Å². The highest BCUT2D eigenvalue weighted by molar-refractivity contribution is 7.13. The first kappa shape index (κ1) is 16.2. The van der Waals surface area contributed by atoms with Gasteiger partial charge >= 0.3 is 0 Å². The van der Waals surface area contributed by atoms with Gasteiger partial charge in [0.15, 0.2) is 0 Å². The molecule has 0 aliphatic carbocycles. The van der Waals surface area contributed by atoms with Crippen molar-refractivity contribution in [3.8, 4) is 10.8 Å². The predicted molar refractivity (Wildman–Crippen MR) is 83.2 cm³/mol. The van der Waals surface area contributed by atoms with Gasteiger partial charge in [0.1, 0.15) is 5.76 Å². The zero-order valence-corrected chi connectivity index (χ0v) is 13.5. The van der Waals surface area contributed by atoms with Crippen LogP contribution in [0.15, 0.2) is 21.9 Å². The van der Waals surface area contributed by atoms with Gasteiger partial charge in [0.2, 0.25) is 5.89 Å². The summed E-state index contributed by atoms with van der Waals surface area (Å²) in [4.78, 5) is 7.60. The van der Waals surface area contributed by atoms with Gasteiger partial charge in [-0.05, 0) is 25.4 Å². The third-order valence-corrected chi connectivity index (χ3v) is 4.32. The Morgan fingerprint density at radius 2 is 2.10 bits per heavy atom. The Kier molecular flexibility index (Phi) is 5.16. The van der Waals surface area contributed by atoms with Crippen LogP contribution < -0.4 is 0 Å². The van der Waals surface area contributed by atoms with Crippen LogP contribution in [-0.4, -0.2) is 46.9 Å². The van der Waals surface area contributed by atoms with Crippen LogP contribution in [0.4, 0.5) is 0 Å². The molecule has 0 spiro atoms. The minimum absolute atomic E-state index is 0.0495. The van der Waals surface area contributed by atoms with Crippen LogP contribution >= 0.6 is 11.3 Å². The largest absolute Gasteiger partial charge is 0.440 e. The molecule has 0 fully saturated rings. The van der Waals surface area contributed by atoms with Gasteiger partial charge in [0.05, 0.1) is 23.8 Å². The monoisotopic (exact) mass is 310 g/mol. The van der Waals surface area contributed by atoms with Gasteiger partial charge in [-0.25, -0.2) is 4.98 Å². The minimum atomic E-state index is -0.511. The molecule has 0 saturated carbocycles. The molecule has 0 radical (unpaired) electrons. The minimum Gasteiger partial charge on any atom is -0.440 e. The summed E-state index contributed by atoms with van der Waals surface area (Å²) in [6.45, 7) is 4.87. The number of nitrogens with zero attached hydrogens (tertiary/aromatic N) is 2. The van der Waals surface area contributed by atoms with E-state index >= 15 is 0 Å². The molecule has 0 atom stereocenters. The maximum Gasteiger partial charge on any atom is 0.236 e. The fourth-order valence-corrected chi connectivity index (χ4v) is 2.84. The van der Waals surface area contributed by atoms with Crippen LogP contribution in [0.5, 0.6) is 0 Å². The first-order valence-electron chi connectivity index (χ1n) is 6.88. The molecule has 21 heavy (non-hydrogen) atoms. The number of aliphatic hydroxyl groups excluding tert-OH is 2. The highest BCUT2D eigenvalue weighted by Crippen LogP contribution is 2.26. The SMILES string of the molecule is Cc1oc(-c2cccs2)nc1CN(C)CC(C)(CO)CO.